The van der Waals surface area contributed by atoms with Crippen LogP contribution in [0, 0.1) is 0 Å². The molecular weight excluding hydrogens is 258 g/mol. The van der Waals surface area contributed by atoms with Gasteiger partial charge < -0.3 is 9.84 Å². The first-order valence-electron chi connectivity index (χ1n) is 6.71. The first kappa shape index (κ1) is 14.9. The molecule has 6 heteroatoms. The topological polar surface area (TPSA) is 87.8 Å². The van der Waals surface area contributed by atoms with Crippen molar-refractivity contribution in [3.8, 4) is 0 Å². The van der Waals surface area contributed by atoms with Gasteiger partial charge in [0.05, 0.1) is 18.8 Å². The Balaban J connectivity index is 1.97. The minimum atomic E-state index is -0.295. The Morgan fingerprint density at radius 3 is 2.75 bits per heavy atom. The third-order valence-corrected chi connectivity index (χ3v) is 3.36. The number of hydrogen-bond acceptors (Lipinski definition) is 5. The molecule has 0 radical (unpaired) electrons. The first-order chi connectivity index (χ1) is 9.62. The largest absolute Gasteiger partial charge is 0.394 e. The molecule has 0 spiro atoms. The summed E-state index contributed by atoms with van der Waals surface area (Å²) in [4.78, 5) is 13.6. The lowest BCUT2D eigenvalue weighted by molar-refractivity contribution is -0.0972. The summed E-state index contributed by atoms with van der Waals surface area (Å²) in [6, 6.07) is 7.34. The number of carbonyl (C=O) groups is 1. The fourth-order valence-corrected chi connectivity index (χ4v) is 2.47. The highest BCUT2D eigenvalue weighted by Gasteiger charge is 2.24. The molecule has 1 aromatic carbocycles. The minimum absolute atomic E-state index is 0.0381. The Morgan fingerprint density at radius 1 is 1.45 bits per heavy atom. The number of ether oxygens (including phenoxy) is 1. The SMILES string of the molecule is CC1CN(Cc2ccc(C(=O)NN)cc2)CC(CO)O1. The summed E-state index contributed by atoms with van der Waals surface area (Å²) in [5.41, 5.74) is 3.76. The van der Waals surface area contributed by atoms with Crippen LogP contribution in [0.25, 0.3) is 0 Å². The molecule has 1 aliphatic heterocycles. The third kappa shape index (κ3) is 3.77. The fourth-order valence-electron chi connectivity index (χ4n) is 2.47. The fraction of sp³-hybridized carbons (Fsp3) is 0.500. The molecule has 110 valence electrons. The Hall–Kier alpha value is -1.47. The molecule has 0 bridgehead atoms. The van der Waals surface area contributed by atoms with Gasteiger partial charge in [-0.2, -0.15) is 0 Å². The number of benzene rings is 1. The third-order valence-electron chi connectivity index (χ3n) is 3.36. The van der Waals surface area contributed by atoms with Crippen molar-refractivity contribution in [1.82, 2.24) is 10.3 Å². The van der Waals surface area contributed by atoms with Crippen molar-refractivity contribution in [2.24, 2.45) is 5.84 Å². The van der Waals surface area contributed by atoms with Gasteiger partial charge >= 0.3 is 0 Å². The van der Waals surface area contributed by atoms with Gasteiger partial charge in [0.2, 0.25) is 0 Å². The zero-order valence-electron chi connectivity index (χ0n) is 11.6. The van der Waals surface area contributed by atoms with E-state index in [1.54, 1.807) is 12.1 Å². The molecule has 6 nitrogen and oxygen atoms in total. The molecule has 1 aromatic rings. The Labute approximate surface area is 118 Å². The maximum Gasteiger partial charge on any atom is 0.265 e. The molecule has 0 aromatic heterocycles. The molecule has 20 heavy (non-hydrogen) atoms. The molecule has 0 aliphatic carbocycles. The molecule has 2 rings (SSSR count). The van der Waals surface area contributed by atoms with Crippen molar-refractivity contribution in [2.45, 2.75) is 25.7 Å². The second-order valence-corrected chi connectivity index (χ2v) is 5.12. The smallest absolute Gasteiger partial charge is 0.265 e. The lowest BCUT2D eigenvalue weighted by atomic mass is 10.1. The predicted molar refractivity (Wildman–Crippen MR) is 74.8 cm³/mol. The van der Waals surface area contributed by atoms with E-state index < -0.39 is 0 Å². The van der Waals surface area contributed by atoms with Gasteiger partial charge in [0.1, 0.15) is 0 Å². The van der Waals surface area contributed by atoms with Gasteiger partial charge in [0.25, 0.3) is 5.91 Å². The molecule has 0 saturated carbocycles. The van der Waals surface area contributed by atoms with Gasteiger partial charge in [0.15, 0.2) is 0 Å². The van der Waals surface area contributed by atoms with Gasteiger partial charge in [-0.15, -0.1) is 0 Å². The van der Waals surface area contributed by atoms with E-state index in [-0.39, 0.29) is 24.7 Å². The Kier molecular flexibility index (Phi) is 5.08. The van der Waals surface area contributed by atoms with Crippen LogP contribution in [0.3, 0.4) is 0 Å². The monoisotopic (exact) mass is 279 g/mol. The minimum Gasteiger partial charge on any atom is -0.394 e. The zero-order valence-corrected chi connectivity index (χ0v) is 11.6. The van der Waals surface area contributed by atoms with Gasteiger partial charge in [0, 0.05) is 25.2 Å². The first-order valence-corrected chi connectivity index (χ1v) is 6.71. The number of aliphatic hydroxyl groups is 1. The van der Waals surface area contributed by atoms with Crippen LogP contribution >= 0.6 is 0 Å². The van der Waals surface area contributed by atoms with Crippen molar-refractivity contribution in [1.29, 1.82) is 0 Å². The summed E-state index contributed by atoms with van der Waals surface area (Å²) in [5.74, 6) is 4.80. The van der Waals surface area contributed by atoms with Crippen molar-refractivity contribution in [3.05, 3.63) is 35.4 Å². The quantitative estimate of drug-likeness (QED) is 0.406. The number of nitrogens with one attached hydrogen (secondary N) is 1. The van der Waals surface area contributed by atoms with E-state index in [4.69, 9.17) is 10.6 Å². The number of morpholine rings is 1. The van der Waals surface area contributed by atoms with Crippen LogP contribution in [0.15, 0.2) is 24.3 Å². The highest BCUT2D eigenvalue weighted by Crippen LogP contribution is 2.14. The van der Waals surface area contributed by atoms with Crippen molar-refractivity contribution < 1.29 is 14.6 Å². The van der Waals surface area contributed by atoms with E-state index in [0.717, 1.165) is 18.7 Å². The van der Waals surface area contributed by atoms with E-state index in [9.17, 15) is 9.90 Å². The number of hydrazine groups is 1. The highest BCUT2D eigenvalue weighted by molar-refractivity contribution is 5.93. The maximum atomic E-state index is 11.3. The number of nitrogens with zero attached hydrogens (tertiary/aromatic N) is 1. The standard InChI is InChI=1S/C14H21N3O3/c1-10-6-17(8-13(9-18)20-10)7-11-2-4-12(5-3-11)14(19)16-15/h2-5,10,13,18H,6-9,15H2,1H3,(H,16,19). The summed E-state index contributed by atoms with van der Waals surface area (Å²) in [6.45, 7) is 4.36. The summed E-state index contributed by atoms with van der Waals surface area (Å²) in [6.07, 6.45) is -0.00997. The summed E-state index contributed by atoms with van der Waals surface area (Å²) in [7, 11) is 0. The van der Waals surface area contributed by atoms with Crippen LogP contribution in [-0.4, -0.2) is 47.8 Å². The molecule has 1 heterocycles. The molecule has 1 amide bonds. The van der Waals surface area contributed by atoms with Gasteiger partial charge in [-0.1, -0.05) is 12.1 Å². The van der Waals surface area contributed by atoms with Crippen molar-refractivity contribution in [2.75, 3.05) is 19.7 Å². The van der Waals surface area contributed by atoms with E-state index in [2.05, 4.69) is 10.3 Å². The highest BCUT2D eigenvalue weighted by atomic mass is 16.5. The lowest BCUT2D eigenvalue weighted by Crippen LogP contribution is -2.47. The van der Waals surface area contributed by atoms with Gasteiger partial charge in [-0.05, 0) is 24.6 Å². The van der Waals surface area contributed by atoms with E-state index in [1.807, 2.05) is 19.1 Å². The molecule has 2 unspecified atom stereocenters. The number of nitrogen functional groups attached to an aromatic ring is 1. The number of rotatable bonds is 4. The maximum absolute atomic E-state index is 11.3. The average molecular weight is 279 g/mol. The number of aliphatic hydroxyl groups excluding tert-OH is 1. The zero-order chi connectivity index (χ0) is 14.5. The lowest BCUT2D eigenvalue weighted by Gasteiger charge is -2.36. The molecule has 1 aliphatic rings. The number of amides is 1. The van der Waals surface area contributed by atoms with Crippen LogP contribution in [0.1, 0.15) is 22.8 Å². The normalized spacial score (nSPS) is 23.6. The summed E-state index contributed by atoms with van der Waals surface area (Å²) in [5, 5.41) is 9.21. The molecule has 1 saturated heterocycles. The van der Waals surface area contributed by atoms with Crippen LogP contribution in [0.4, 0.5) is 0 Å². The molecule has 2 atom stereocenters. The summed E-state index contributed by atoms with van der Waals surface area (Å²) >= 11 is 0. The number of nitrogens with two attached hydrogens (primary N) is 1. The van der Waals surface area contributed by atoms with Crippen LogP contribution in [-0.2, 0) is 11.3 Å². The van der Waals surface area contributed by atoms with Crippen molar-refractivity contribution in [3.63, 3.8) is 0 Å². The predicted octanol–water partition coefficient (Wildman–Crippen LogP) is -0.128. The van der Waals surface area contributed by atoms with E-state index in [1.165, 1.54) is 0 Å². The van der Waals surface area contributed by atoms with Crippen LogP contribution in [0.2, 0.25) is 0 Å². The van der Waals surface area contributed by atoms with Crippen LogP contribution < -0.4 is 11.3 Å². The number of carbonyl (C=O) groups excluding carboxylic acids is 1. The second kappa shape index (κ2) is 6.81. The molecular formula is C14H21N3O3. The molecule has 4 N–H and O–H groups in total. The Morgan fingerprint density at radius 2 is 2.15 bits per heavy atom. The van der Waals surface area contributed by atoms with Crippen molar-refractivity contribution >= 4 is 5.91 Å². The van der Waals surface area contributed by atoms with Crippen LogP contribution in [0.5, 0.6) is 0 Å². The van der Waals surface area contributed by atoms with Gasteiger partial charge in [-0.25, -0.2) is 5.84 Å². The van der Waals surface area contributed by atoms with E-state index >= 15 is 0 Å². The average Bonchev–Trinajstić information content (AvgIpc) is 2.46. The number of hydrogen-bond donors (Lipinski definition) is 3. The molecule has 1 fully saturated rings. The summed E-state index contributed by atoms with van der Waals surface area (Å²) < 4.78 is 5.61. The second-order valence-electron chi connectivity index (χ2n) is 5.12. The van der Waals surface area contributed by atoms with Gasteiger partial charge in [-0.3, -0.25) is 15.1 Å². The van der Waals surface area contributed by atoms with E-state index in [0.29, 0.717) is 12.1 Å². The Bertz CT molecular complexity index is 449.